The number of carbonyl (C=O) groups is 1. The molecule has 0 aliphatic rings. The first kappa shape index (κ1) is 19.6. The van der Waals surface area contributed by atoms with E-state index < -0.39 is 5.97 Å². The molecule has 0 fully saturated rings. The van der Waals surface area contributed by atoms with Crippen molar-refractivity contribution in [3.05, 3.63) is 90.5 Å². The van der Waals surface area contributed by atoms with Crippen LogP contribution in [0.1, 0.15) is 23.1 Å². The van der Waals surface area contributed by atoms with Gasteiger partial charge in [0, 0.05) is 0 Å². The summed E-state index contributed by atoms with van der Waals surface area (Å²) in [5.41, 5.74) is 2.04. The number of aliphatic hydroxyl groups excluding tert-OH is 1. The van der Waals surface area contributed by atoms with Gasteiger partial charge >= 0.3 is 5.97 Å². The topological polar surface area (TPSA) is 108 Å². The van der Waals surface area contributed by atoms with E-state index in [1.54, 1.807) is 59.3 Å². The highest BCUT2D eigenvalue weighted by Crippen LogP contribution is 2.30. The summed E-state index contributed by atoms with van der Waals surface area (Å²) in [7, 11) is 0. The Morgan fingerprint density at radius 3 is 2.41 bits per heavy atom. The molecule has 146 valence electrons. The van der Waals surface area contributed by atoms with E-state index in [-0.39, 0.29) is 11.3 Å². The first-order chi connectivity index (χ1) is 14.0. The molecule has 0 bridgehead atoms. The SMILES string of the molecule is C\C(=C/C=C\C=C\O)c1nc(-c2ccccc2O)n(-c2ccc(C(=O)O)cc2)n1. The van der Waals surface area contributed by atoms with Crippen molar-refractivity contribution < 1.29 is 20.1 Å². The van der Waals surface area contributed by atoms with Gasteiger partial charge in [-0.1, -0.05) is 30.4 Å². The van der Waals surface area contributed by atoms with Crippen molar-refractivity contribution in [1.29, 1.82) is 0 Å². The van der Waals surface area contributed by atoms with E-state index in [4.69, 9.17) is 10.2 Å². The maximum Gasteiger partial charge on any atom is 0.335 e. The van der Waals surface area contributed by atoms with Crippen molar-refractivity contribution in [1.82, 2.24) is 14.8 Å². The molecule has 7 nitrogen and oxygen atoms in total. The molecule has 3 aromatic rings. The number of hydrogen-bond acceptors (Lipinski definition) is 5. The van der Waals surface area contributed by atoms with Gasteiger partial charge in [0.05, 0.1) is 23.1 Å². The second-order valence-electron chi connectivity index (χ2n) is 6.12. The van der Waals surface area contributed by atoms with Crippen LogP contribution < -0.4 is 0 Å². The Kier molecular flexibility index (Phi) is 5.89. The molecule has 0 radical (unpaired) electrons. The molecule has 0 unspecified atom stereocenters. The van der Waals surface area contributed by atoms with Gasteiger partial charge in [-0.05, 0) is 55.0 Å². The molecule has 0 amide bonds. The molecule has 0 saturated heterocycles. The molecule has 3 rings (SSSR count). The number of aliphatic hydroxyl groups is 1. The number of carboxylic acid groups (broad SMARTS) is 1. The summed E-state index contributed by atoms with van der Waals surface area (Å²) >= 11 is 0. The van der Waals surface area contributed by atoms with Crippen LogP contribution in [0.25, 0.3) is 22.6 Å². The largest absolute Gasteiger partial charge is 0.516 e. The summed E-state index contributed by atoms with van der Waals surface area (Å²) in [4.78, 5) is 15.7. The lowest BCUT2D eigenvalue weighted by atomic mass is 10.1. The van der Waals surface area contributed by atoms with Crippen molar-refractivity contribution in [2.24, 2.45) is 0 Å². The number of rotatable bonds is 6. The molecule has 0 saturated carbocycles. The van der Waals surface area contributed by atoms with Crippen molar-refractivity contribution in [3.63, 3.8) is 0 Å². The van der Waals surface area contributed by atoms with Crippen LogP contribution in [0, 0.1) is 0 Å². The minimum atomic E-state index is -1.01. The first-order valence-corrected chi connectivity index (χ1v) is 8.75. The van der Waals surface area contributed by atoms with E-state index >= 15 is 0 Å². The predicted molar refractivity (Wildman–Crippen MR) is 110 cm³/mol. The number of aromatic carboxylic acids is 1. The van der Waals surface area contributed by atoms with Gasteiger partial charge in [0.25, 0.3) is 0 Å². The number of nitrogens with zero attached hydrogens (tertiary/aromatic N) is 3. The van der Waals surface area contributed by atoms with Gasteiger partial charge in [0.2, 0.25) is 0 Å². The first-order valence-electron chi connectivity index (χ1n) is 8.75. The zero-order chi connectivity index (χ0) is 20.8. The second-order valence-corrected chi connectivity index (χ2v) is 6.12. The van der Waals surface area contributed by atoms with Crippen LogP contribution in [0.2, 0.25) is 0 Å². The summed E-state index contributed by atoms with van der Waals surface area (Å²) in [5.74, 6) is -0.0833. The van der Waals surface area contributed by atoms with Crippen molar-refractivity contribution >= 4 is 11.5 Å². The normalized spacial score (nSPS) is 12.1. The van der Waals surface area contributed by atoms with Crippen molar-refractivity contribution in [3.8, 4) is 22.8 Å². The standard InChI is InChI=1S/C22H19N3O4/c1-15(7-3-2-6-14-26)20-23-21(18-8-4-5-9-19(18)27)25(24-20)17-12-10-16(11-13-17)22(28)29/h2-14,26-27H,1H3,(H,28,29)/b3-2-,14-6+,15-7+. The van der Waals surface area contributed by atoms with E-state index in [9.17, 15) is 9.90 Å². The van der Waals surface area contributed by atoms with Crippen LogP contribution in [0.5, 0.6) is 5.75 Å². The fourth-order valence-corrected chi connectivity index (χ4v) is 2.63. The Morgan fingerprint density at radius 1 is 1.03 bits per heavy atom. The maximum absolute atomic E-state index is 11.1. The smallest absolute Gasteiger partial charge is 0.335 e. The number of aromatic hydroxyl groups is 1. The lowest BCUT2D eigenvalue weighted by Gasteiger charge is -2.07. The molecule has 7 heteroatoms. The van der Waals surface area contributed by atoms with E-state index in [0.29, 0.717) is 22.9 Å². The summed E-state index contributed by atoms with van der Waals surface area (Å²) < 4.78 is 1.56. The number of para-hydroxylation sites is 1. The number of phenolic OH excluding ortho intramolecular Hbond substituents is 1. The molecular weight excluding hydrogens is 370 g/mol. The van der Waals surface area contributed by atoms with Crippen LogP contribution in [0.15, 0.2) is 79.1 Å². The third kappa shape index (κ3) is 4.41. The fourth-order valence-electron chi connectivity index (χ4n) is 2.63. The van der Waals surface area contributed by atoms with E-state index in [0.717, 1.165) is 11.8 Å². The molecule has 0 aliphatic heterocycles. The summed E-state index contributed by atoms with van der Waals surface area (Å²) in [6, 6.07) is 13.0. The lowest BCUT2D eigenvalue weighted by Crippen LogP contribution is -2.02. The van der Waals surface area contributed by atoms with Gasteiger partial charge in [0.15, 0.2) is 11.6 Å². The van der Waals surface area contributed by atoms with Gasteiger partial charge in [0.1, 0.15) is 5.75 Å². The Labute approximate surface area is 167 Å². The molecule has 29 heavy (non-hydrogen) atoms. The zero-order valence-electron chi connectivity index (χ0n) is 15.6. The molecule has 1 heterocycles. The van der Waals surface area contributed by atoms with Crippen molar-refractivity contribution in [2.75, 3.05) is 0 Å². The summed E-state index contributed by atoms with van der Waals surface area (Å²) in [6.07, 6.45) is 7.61. The van der Waals surface area contributed by atoms with Gasteiger partial charge < -0.3 is 15.3 Å². The van der Waals surface area contributed by atoms with E-state index in [1.807, 2.05) is 6.92 Å². The monoisotopic (exact) mass is 389 g/mol. The van der Waals surface area contributed by atoms with Crippen LogP contribution in [-0.2, 0) is 0 Å². The highest BCUT2D eigenvalue weighted by atomic mass is 16.4. The Morgan fingerprint density at radius 2 is 1.76 bits per heavy atom. The Hall–Kier alpha value is -4.13. The lowest BCUT2D eigenvalue weighted by molar-refractivity contribution is 0.0697. The Balaban J connectivity index is 2.11. The average molecular weight is 389 g/mol. The van der Waals surface area contributed by atoms with Gasteiger partial charge in [-0.2, -0.15) is 0 Å². The van der Waals surface area contributed by atoms with Crippen LogP contribution in [0.4, 0.5) is 0 Å². The number of aromatic nitrogens is 3. The molecule has 1 aromatic heterocycles. The third-order valence-corrected chi connectivity index (χ3v) is 4.12. The van der Waals surface area contributed by atoms with E-state index in [2.05, 4.69) is 10.1 Å². The maximum atomic E-state index is 11.1. The van der Waals surface area contributed by atoms with Crippen LogP contribution >= 0.6 is 0 Å². The molecule has 0 atom stereocenters. The number of benzene rings is 2. The fraction of sp³-hybridized carbons (Fsp3) is 0.0455. The average Bonchev–Trinajstić information content (AvgIpc) is 3.17. The molecule has 2 aromatic carbocycles. The molecular formula is C22H19N3O4. The number of carboxylic acids is 1. The third-order valence-electron chi connectivity index (χ3n) is 4.12. The molecule has 0 spiro atoms. The number of phenols is 1. The highest BCUT2D eigenvalue weighted by molar-refractivity contribution is 5.87. The summed E-state index contributed by atoms with van der Waals surface area (Å²) in [5, 5.41) is 32.6. The van der Waals surface area contributed by atoms with E-state index in [1.165, 1.54) is 18.2 Å². The minimum absolute atomic E-state index is 0.0597. The van der Waals surface area contributed by atoms with Gasteiger partial charge in [-0.25, -0.2) is 14.5 Å². The quantitative estimate of drug-likeness (QED) is 0.427. The zero-order valence-corrected chi connectivity index (χ0v) is 15.6. The van der Waals surface area contributed by atoms with Gasteiger partial charge in [-0.3, -0.25) is 0 Å². The highest BCUT2D eigenvalue weighted by Gasteiger charge is 2.17. The second kappa shape index (κ2) is 8.71. The van der Waals surface area contributed by atoms with Crippen molar-refractivity contribution in [2.45, 2.75) is 6.92 Å². The Bertz CT molecular complexity index is 1110. The molecule has 3 N–H and O–H groups in total. The predicted octanol–water partition coefficient (Wildman–Crippen LogP) is 4.37. The van der Waals surface area contributed by atoms with Crippen LogP contribution in [0.3, 0.4) is 0 Å². The number of hydrogen-bond donors (Lipinski definition) is 3. The molecule has 0 aliphatic carbocycles. The number of allylic oxidation sites excluding steroid dienone is 5. The summed E-state index contributed by atoms with van der Waals surface area (Å²) in [6.45, 7) is 1.84. The minimum Gasteiger partial charge on any atom is -0.516 e. The van der Waals surface area contributed by atoms with Crippen LogP contribution in [-0.4, -0.2) is 36.1 Å². The van der Waals surface area contributed by atoms with Gasteiger partial charge in [-0.15, -0.1) is 5.10 Å².